The zero-order valence-electron chi connectivity index (χ0n) is 30.3. The number of rotatable bonds is 4. The Morgan fingerprint density at radius 1 is 0.281 bits per heavy atom. The monoisotopic (exact) mass is 724 g/mol. The van der Waals surface area contributed by atoms with Crippen LogP contribution >= 0.6 is 0 Å². The van der Waals surface area contributed by atoms with E-state index >= 15 is 0 Å². The number of hydrogen-bond donors (Lipinski definition) is 0. The second-order valence-electron chi connectivity index (χ2n) is 14.4. The highest BCUT2D eigenvalue weighted by atomic mass is 15.0. The third-order valence-electron chi connectivity index (χ3n) is 11.3. The molecule has 0 aliphatic rings. The fraction of sp³-hybridized carbons (Fsp3) is 0. The number of benzene rings is 8. The molecule has 11 aromatic rings. The van der Waals surface area contributed by atoms with E-state index in [4.69, 9.17) is 0 Å². The number of para-hydroxylation sites is 3. The molecule has 0 saturated heterocycles. The summed E-state index contributed by atoms with van der Waals surface area (Å²) < 4.78 is 6.70. The van der Waals surface area contributed by atoms with Crippen LogP contribution in [0.4, 0.5) is 0 Å². The van der Waals surface area contributed by atoms with Crippen molar-refractivity contribution < 1.29 is 0 Å². The molecule has 3 aromatic heterocycles. The standard InChI is InChI=1S/C51H28N6/c52-29-32-14-21-49-44(25-32)45-28-38(56-48-12-6-3-9-42(48)43-20-13-33(30-53)26-51(43)56)19-22-50(45)57(49)39-24-34(31-54)23-36(27-39)35-15-17-37(18-16-35)55-46-10-4-1-7-40(46)41-8-2-5-11-47(41)55/h1-28H. The molecular weight excluding hydrogens is 697 g/mol. The van der Waals surface area contributed by atoms with Crippen molar-refractivity contribution in [3.05, 3.63) is 187 Å². The van der Waals surface area contributed by atoms with Crippen LogP contribution in [0.15, 0.2) is 170 Å². The van der Waals surface area contributed by atoms with Crippen molar-refractivity contribution in [3.63, 3.8) is 0 Å². The van der Waals surface area contributed by atoms with Crippen LogP contribution in [0.3, 0.4) is 0 Å². The first kappa shape index (κ1) is 32.1. The largest absolute Gasteiger partial charge is 0.309 e. The molecule has 0 unspecified atom stereocenters. The lowest BCUT2D eigenvalue weighted by Gasteiger charge is -2.13. The van der Waals surface area contributed by atoms with Crippen LogP contribution in [0, 0.1) is 34.0 Å². The van der Waals surface area contributed by atoms with Gasteiger partial charge in [-0.15, -0.1) is 0 Å². The van der Waals surface area contributed by atoms with Crippen LogP contribution < -0.4 is 0 Å². The second-order valence-corrected chi connectivity index (χ2v) is 14.4. The summed E-state index contributed by atoms with van der Waals surface area (Å²) in [6, 6.07) is 64.9. The molecule has 0 spiro atoms. The van der Waals surface area contributed by atoms with Crippen LogP contribution in [0.25, 0.3) is 93.6 Å². The van der Waals surface area contributed by atoms with Gasteiger partial charge in [0.05, 0.1) is 68.0 Å². The minimum atomic E-state index is 0.549. The Bertz CT molecular complexity index is 3560. The molecule has 0 amide bonds. The van der Waals surface area contributed by atoms with E-state index in [0.717, 1.165) is 82.8 Å². The smallest absolute Gasteiger partial charge is 0.0992 e. The Balaban J connectivity index is 1.09. The topological polar surface area (TPSA) is 86.2 Å². The molecule has 0 aliphatic heterocycles. The van der Waals surface area contributed by atoms with Crippen LogP contribution in [0.2, 0.25) is 0 Å². The summed E-state index contributed by atoms with van der Waals surface area (Å²) in [6.45, 7) is 0. The minimum Gasteiger partial charge on any atom is -0.309 e. The number of hydrogen-bond acceptors (Lipinski definition) is 3. The van der Waals surface area contributed by atoms with Gasteiger partial charge >= 0.3 is 0 Å². The van der Waals surface area contributed by atoms with Crippen molar-refractivity contribution in [2.24, 2.45) is 0 Å². The fourth-order valence-electron chi connectivity index (χ4n) is 8.79. The highest BCUT2D eigenvalue weighted by molar-refractivity contribution is 6.13. The summed E-state index contributed by atoms with van der Waals surface area (Å²) in [4.78, 5) is 0. The number of nitriles is 3. The lowest BCUT2D eigenvalue weighted by Crippen LogP contribution is -1.97. The highest BCUT2D eigenvalue weighted by Crippen LogP contribution is 2.39. The van der Waals surface area contributed by atoms with Gasteiger partial charge < -0.3 is 13.7 Å². The van der Waals surface area contributed by atoms with Crippen LogP contribution in [-0.4, -0.2) is 13.7 Å². The number of fused-ring (bicyclic) bond motifs is 9. The average Bonchev–Trinajstić information content (AvgIpc) is 3.91. The highest BCUT2D eigenvalue weighted by Gasteiger charge is 2.19. The molecule has 0 N–H and O–H groups in total. The summed E-state index contributed by atoms with van der Waals surface area (Å²) in [5.41, 5.74) is 12.7. The van der Waals surface area contributed by atoms with Crippen molar-refractivity contribution in [1.29, 1.82) is 15.8 Å². The summed E-state index contributed by atoms with van der Waals surface area (Å²) in [5, 5.41) is 36.6. The molecule has 6 heteroatoms. The maximum Gasteiger partial charge on any atom is 0.0992 e. The van der Waals surface area contributed by atoms with E-state index in [1.165, 1.54) is 10.8 Å². The van der Waals surface area contributed by atoms with E-state index in [0.29, 0.717) is 16.7 Å². The van der Waals surface area contributed by atoms with Gasteiger partial charge in [0, 0.05) is 49.4 Å². The first-order chi connectivity index (χ1) is 28.1. The van der Waals surface area contributed by atoms with Gasteiger partial charge in [-0.3, -0.25) is 0 Å². The van der Waals surface area contributed by atoms with Crippen molar-refractivity contribution in [1.82, 2.24) is 13.7 Å². The Kier molecular flexibility index (Phi) is 6.95. The molecule has 0 saturated carbocycles. The van der Waals surface area contributed by atoms with Crippen LogP contribution in [-0.2, 0) is 0 Å². The molecule has 6 nitrogen and oxygen atoms in total. The Labute approximate surface area is 326 Å². The van der Waals surface area contributed by atoms with E-state index in [9.17, 15) is 15.8 Å². The lowest BCUT2D eigenvalue weighted by atomic mass is 10.0. The third-order valence-corrected chi connectivity index (χ3v) is 11.3. The van der Waals surface area contributed by atoms with Crippen molar-refractivity contribution >= 4 is 65.4 Å². The molecule has 0 fully saturated rings. The molecule has 0 atom stereocenters. The van der Waals surface area contributed by atoms with Gasteiger partial charge in [0.1, 0.15) is 0 Å². The number of aromatic nitrogens is 3. The first-order valence-electron chi connectivity index (χ1n) is 18.7. The van der Waals surface area contributed by atoms with Gasteiger partial charge in [0.2, 0.25) is 0 Å². The quantitative estimate of drug-likeness (QED) is 0.181. The summed E-state index contributed by atoms with van der Waals surface area (Å²) in [6.07, 6.45) is 0. The zero-order chi connectivity index (χ0) is 38.2. The van der Waals surface area contributed by atoms with E-state index < -0.39 is 0 Å². The van der Waals surface area contributed by atoms with E-state index in [1.54, 1.807) is 0 Å². The molecule has 0 bridgehead atoms. The summed E-state index contributed by atoms with van der Waals surface area (Å²) in [7, 11) is 0. The summed E-state index contributed by atoms with van der Waals surface area (Å²) in [5.74, 6) is 0. The third kappa shape index (κ3) is 4.81. The maximum absolute atomic E-state index is 10.3. The molecular formula is C51H28N6. The maximum atomic E-state index is 10.3. The average molecular weight is 725 g/mol. The lowest BCUT2D eigenvalue weighted by molar-refractivity contribution is 1.16. The number of nitrogens with zero attached hydrogens (tertiary/aromatic N) is 6. The molecule has 3 heterocycles. The normalized spacial score (nSPS) is 11.5. The van der Waals surface area contributed by atoms with E-state index in [2.05, 4.69) is 141 Å². The predicted molar refractivity (Wildman–Crippen MR) is 229 cm³/mol. The Morgan fingerprint density at radius 2 is 0.754 bits per heavy atom. The van der Waals surface area contributed by atoms with Crippen molar-refractivity contribution in [2.75, 3.05) is 0 Å². The van der Waals surface area contributed by atoms with Gasteiger partial charge in [-0.1, -0.05) is 72.8 Å². The molecule has 8 aromatic carbocycles. The van der Waals surface area contributed by atoms with Crippen LogP contribution in [0.5, 0.6) is 0 Å². The second kappa shape index (κ2) is 12.3. The Morgan fingerprint density at radius 3 is 1.39 bits per heavy atom. The minimum absolute atomic E-state index is 0.549. The van der Waals surface area contributed by atoms with E-state index in [-0.39, 0.29) is 0 Å². The van der Waals surface area contributed by atoms with E-state index in [1.807, 2.05) is 60.7 Å². The molecule has 0 radical (unpaired) electrons. The Hall–Kier alpha value is -8.37. The summed E-state index contributed by atoms with van der Waals surface area (Å²) >= 11 is 0. The van der Waals surface area contributed by atoms with Gasteiger partial charge in [0.25, 0.3) is 0 Å². The predicted octanol–water partition coefficient (Wildman–Crippen LogP) is 12.3. The van der Waals surface area contributed by atoms with Gasteiger partial charge in [-0.05, 0) is 108 Å². The zero-order valence-corrected chi connectivity index (χ0v) is 30.3. The SMILES string of the molecule is N#Cc1cc(-c2ccc(-n3c4ccccc4c4ccccc43)cc2)cc(-n2c3ccc(C#N)cc3c3cc(-n4c5ccccc5c5ccc(C#N)cc54)ccc32)c1. The molecule has 11 rings (SSSR count). The van der Waals surface area contributed by atoms with Crippen LogP contribution in [0.1, 0.15) is 16.7 Å². The molecule has 0 aliphatic carbocycles. The van der Waals surface area contributed by atoms with Gasteiger partial charge in [-0.2, -0.15) is 15.8 Å². The molecule has 262 valence electrons. The van der Waals surface area contributed by atoms with Crippen molar-refractivity contribution in [3.8, 4) is 46.4 Å². The first-order valence-corrected chi connectivity index (χ1v) is 18.7. The van der Waals surface area contributed by atoms with Gasteiger partial charge in [-0.25, -0.2) is 0 Å². The van der Waals surface area contributed by atoms with Gasteiger partial charge in [0.15, 0.2) is 0 Å². The van der Waals surface area contributed by atoms with Crippen molar-refractivity contribution in [2.45, 2.75) is 0 Å². The fourth-order valence-corrected chi connectivity index (χ4v) is 8.79. The molecule has 57 heavy (non-hydrogen) atoms.